The molecule has 214 valence electrons. The van der Waals surface area contributed by atoms with E-state index in [1.54, 1.807) is 37.3 Å². The predicted molar refractivity (Wildman–Crippen MR) is 161 cm³/mol. The molecule has 2 N–H and O–H groups in total. The fraction of sp³-hybridized carbons (Fsp3) is 0.219. The molecule has 0 aliphatic rings. The minimum atomic E-state index is -3.42. The minimum Gasteiger partial charge on any atom is -0.479 e. The van der Waals surface area contributed by atoms with Crippen molar-refractivity contribution in [2.75, 3.05) is 15.9 Å². The highest BCUT2D eigenvalue weighted by Crippen LogP contribution is 2.31. The van der Waals surface area contributed by atoms with Gasteiger partial charge in [0.05, 0.1) is 11.9 Å². The van der Waals surface area contributed by atoms with E-state index in [-0.39, 0.29) is 0 Å². The molecule has 1 atom stereocenters. The van der Waals surface area contributed by atoms with Gasteiger partial charge in [0.25, 0.3) is 0 Å². The summed E-state index contributed by atoms with van der Waals surface area (Å²) in [6, 6.07) is 30.3. The van der Waals surface area contributed by atoms with E-state index in [4.69, 9.17) is 9.47 Å². The Morgan fingerprint density at radius 1 is 0.854 bits per heavy atom. The van der Waals surface area contributed by atoms with Crippen LogP contribution < -0.4 is 19.1 Å². The zero-order valence-electron chi connectivity index (χ0n) is 23.3. The third-order valence-electron chi connectivity index (χ3n) is 6.42. The molecule has 0 bridgehead atoms. The number of benzene rings is 4. The van der Waals surface area contributed by atoms with Gasteiger partial charge in [-0.15, -0.1) is 0 Å². The quantitative estimate of drug-likeness (QED) is 0.185. The molecule has 0 saturated heterocycles. The maximum Gasteiger partial charge on any atom is 0.344 e. The Bertz CT molecular complexity index is 1570. The molecule has 4 aromatic rings. The normalized spacial score (nSPS) is 11.9. The Labute approximate surface area is 241 Å². The van der Waals surface area contributed by atoms with E-state index in [9.17, 15) is 18.3 Å². The van der Waals surface area contributed by atoms with Gasteiger partial charge in [0.2, 0.25) is 10.0 Å². The Morgan fingerprint density at radius 3 is 2.12 bits per heavy atom. The van der Waals surface area contributed by atoms with Crippen LogP contribution in [0.1, 0.15) is 30.0 Å². The molecule has 0 radical (unpaired) electrons. The average molecular weight is 575 g/mol. The summed E-state index contributed by atoms with van der Waals surface area (Å²) in [4.78, 5) is 13.5. The zero-order chi connectivity index (χ0) is 29.4. The molecule has 4 rings (SSSR count). The molecule has 4 aromatic carbocycles. The Hall–Kier alpha value is -4.50. The van der Waals surface area contributed by atoms with Crippen molar-refractivity contribution in [3.8, 4) is 17.2 Å². The Kier molecular flexibility index (Phi) is 9.52. The molecular weight excluding hydrogens is 540 g/mol. The third kappa shape index (κ3) is 8.49. The standard InChI is InChI=1S/C32H34N2O6S/c1-4-31(32(35)36)40-28-13-8-12-27(20-28)39-26-18-16-25(17-19-26)22-34(21-24-10-6-5-7-11-24)30-15-9-14-29(23(30)2)33-41(3,37)38/h5-20,31,33H,4,21-22H2,1-3H3,(H,35,36). The Morgan fingerprint density at radius 2 is 1.49 bits per heavy atom. The monoisotopic (exact) mass is 574 g/mol. The molecule has 8 nitrogen and oxygen atoms in total. The fourth-order valence-corrected chi connectivity index (χ4v) is 5.03. The second-order valence-electron chi connectivity index (χ2n) is 9.74. The van der Waals surface area contributed by atoms with Crippen LogP contribution in [-0.2, 0) is 27.9 Å². The van der Waals surface area contributed by atoms with Crippen LogP contribution >= 0.6 is 0 Å². The van der Waals surface area contributed by atoms with E-state index in [0.717, 1.165) is 28.6 Å². The van der Waals surface area contributed by atoms with E-state index >= 15 is 0 Å². The molecule has 0 fully saturated rings. The molecule has 0 aromatic heterocycles. The molecule has 1 unspecified atom stereocenters. The number of ether oxygens (including phenoxy) is 2. The molecule has 0 spiro atoms. The molecular formula is C32H34N2O6S. The fourth-order valence-electron chi connectivity index (χ4n) is 4.41. The summed E-state index contributed by atoms with van der Waals surface area (Å²) >= 11 is 0. The second-order valence-corrected chi connectivity index (χ2v) is 11.5. The van der Waals surface area contributed by atoms with Gasteiger partial charge in [0.1, 0.15) is 17.2 Å². The van der Waals surface area contributed by atoms with Crippen molar-refractivity contribution in [1.82, 2.24) is 0 Å². The molecule has 0 aliphatic carbocycles. The van der Waals surface area contributed by atoms with Crippen molar-refractivity contribution in [3.63, 3.8) is 0 Å². The number of aliphatic carboxylic acids is 1. The van der Waals surface area contributed by atoms with Crippen molar-refractivity contribution < 1.29 is 27.8 Å². The first kappa shape index (κ1) is 29.5. The van der Waals surface area contributed by atoms with Crippen LogP contribution in [0.2, 0.25) is 0 Å². The van der Waals surface area contributed by atoms with Gasteiger partial charge >= 0.3 is 5.97 Å². The number of carboxylic acid groups (broad SMARTS) is 1. The number of carboxylic acids is 1. The summed E-state index contributed by atoms with van der Waals surface area (Å²) in [5.41, 5.74) is 4.48. The SMILES string of the molecule is CCC(Oc1cccc(Oc2ccc(CN(Cc3ccccc3)c3cccc(NS(C)(=O)=O)c3C)cc2)c1)C(=O)O. The highest BCUT2D eigenvalue weighted by atomic mass is 32.2. The van der Waals surface area contributed by atoms with Crippen molar-refractivity contribution >= 4 is 27.4 Å². The molecule has 0 heterocycles. The number of sulfonamides is 1. The maximum atomic E-state index is 11.9. The zero-order valence-corrected chi connectivity index (χ0v) is 24.1. The van der Waals surface area contributed by atoms with Gasteiger partial charge < -0.3 is 19.5 Å². The molecule has 41 heavy (non-hydrogen) atoms. The number of rotatable bonds is 13. The molecule has 0 amide bonds. The van der Waals surface area contributed by atoms with Crippen molar-refractivity contribution in [1.29, 1.82) is 0 Å². The summed E-state index contributed by atoms with van der Waals surface area (Å²) in [7, 11) is -3.42. The molecule has 0 saturated carbocycles. The smallest absolute Gasteiger partial charge is 0.344 e. The average Bonchev–Trinajstić information content (AvgIpc) is 2.93. The van der Waals surface area contributed by atoms with Gasteiger partial charge in [-0.3, -0.25) is 4.72 Å². The van der Waals surface area contributed by atoms with E-state index < -0.39 is 22.1 Å². The van der Waals surface area contributed by atoms with Gasteiger partial charge in [-0.2, -0.15) is 0 Å². The van der Waals surface area contributed by atoms with Crippen LogP contribution in [-0.4, -0.2) is 31.9 Å². The van der Waals surface area contributed by atoms with E-state index in [2.05, 4.69) is 21.8 Å². The van der Waals surface area contributed by atoms with Crippen LogP contribution in [0.3, 0.4) is 0 Å². The van der Waals surface area contributed by atoms with Crippen LogP contribution in [0.15, 0.2) is 97.1 Å². The van der Waals surface area contributed by atoms with E-state index in [0.29, 0.717) is 42.4 Å². The van der Waals surface area contributed by atoms with E-state index in [1.165, 1.54) is 0 Å². The first-order chi connectivity index (χ1) is 19.6. The highest BCUT2D eigenvalue weighted by molar-refractivity contribution is 7.92. The van der Waals surface area contributed by atoms with Crippen LogP contribution in [0.4, 0.5) is 11.4 Å². The number of carbonyl (C=O) groups is 1. The van der Waals surface area contributed by atoms with Gasteiger partial charge in [0, 0.05) is 24.8 Å². The van der Waals surface area contributed by atoms with Crippen LogP contribution in [0, 0.1) is 6.92 Å². The first-order valence-corrected chi connectivity index (χ1v) is 15.1. The lowest BCUT2D eigenvalue weighted by Crippen LogP contribution is -2.25. The number of anilines is 2. The lowest BCUT2D eigenvalue weighted by molar-refractivity contribution is -0.145. The van der Waals surface area contributed by atoms with Crippen molar-refractivity contribution in [2.45, 2.75) is 39.5 Å². The first-order valence-electron chi connectivity index (χ1n) is 13.2. The predicted octanol–water partition coefficient (Wildman–Crippen LogP) is 6.61. The maximum absolute atomic E-state index is 11.9. The second kappa shape index (κ2) is 13.2. The van der Waals surface area contributed by atoms with Gasteiger partial charge in [-0.25, -0.2) is 13.2 Å². The molecule has 9 heteroatoms. The van der Waals surface area contributed by atoms with Gasteiger partial charge in [-0.05, 0) is 66.4 Å². The number of nitrogens with zero attached hydrogens (tertiary/aromatic N) is 1. The largest absolute Gasteiger partial charge is 0.479 e. The summed E-state index contributed by atoms with van der Waals surface area (Å²) in [5.74, 6) is 0.575. The summed E-state index contributed by atoms with van der Waals surface area (Å²) in [6.07, 6.45) is 0.572. The number of hydrogen-bond acceptors (Lipinski definition) is 6. The summed E-state index contributed by atoms with van der Waals surface area (Å²) < 4.78 is 38.0. The van der Waals surface area contributed by atoms with E-state index in [1.807, 2.05) is 61.5 Å². The van der Waals surface area contributed by atoms with Crippen LogP contribution in [0.25, 0.3) is 0 Å². The number of nitrogens with one attached hydrogen (secondary N) is 1. The summed E-state index contributed by atoms with van der Waals surface area (Å²) in [6.45, 7) is 4.88. The van der Waals surface area contributed by atoms with Crippen molar-refractivity contribution in [2.24, 2.45) is 0 Å². The van der Waals surface area contributed by atoms with Crippen LogP contribution in [0.5, 0.6) is 17.2 Å². The number of hydrogen-bond donors (Lipinski definition) is 2. The lowest BCUT2D eigenvalue weighted by Gasteiger charge is -2.28. The van der Waals surface area contributed by atoms with Crippen molar-refractivity contribution in [3.05, 3.63) is 114 Å². The minimum absolute atomic E-state index is 0.348. The summed E-state index contributed by atoms with van der Waals surface area (Å²) in [5, 5.41) is 9.27. The third-order valence-corrected chi connectivity index (χ3v) is 7.01. The topological polar surface area (TPSA) is 105 Å². The lowest BCUT2D eigenvalue weighted by atomic mass is 10.1. The molecule has 0 aliphatic heterocycles. The van der Waals surface area contributed by atoms with Gasteiger partial charge in [-0.1, -0.05) is 61.5 Å². The Balaban J connectivity index is 1.53. The highest BCUT2D eigenvalue weighted by Gasteiger charge is 2.17. The van der Waals surface area contributed by atoms with Gasteiger partial charge in [0.15, 0.2) is 6.10 Å².